The van der Waals surface area contributed by atoms with Gasteiger partial charge >= 0.3 is 0 Å². The number of hydrogen-bond donors (Lipinski definition) is 0. The quantitative estimate of drug-likeness (QED) is 0.816. The zero-order valence-corrected chi connectivity index (χ0v) is 12.3. The van der Waals surface area contributed by atoms with Gasteiger partial charge in [-0.2, -0.15) is 0 Å². The predicted octanol–water partition coefficient (Wildman–Crippen LogP) is 4.32. The second-order valence-electron chi connectivity index (χ2n) is 5.26. The van der Waals surface area contributed by atoms with Gasteiger partial charge in [-0.1, -0.05) is 35.9 Å². The van der Waals surface area contributed by atoms with E-state index in [1.54, 1.807) is 0 Å². The van der Waals surface area contributed by atoms with Crippen LogP contribution in [0.5, 0.6) is 0 Å². The standard InChI is InChI=1S/C17H19NS/c1-13-7-9-15(10-8-13)18(2)11-14-12-19-17-6-4-3-5-16(14)17/h3-10,14H,11-12H2,1-2H3. The summed E-state index contributed by atoms with van der Waals surface area (Å²) < 4.78 is 0. The highest BCUT2D eigenvalue weighted by atomic mass is 32.2. The van der Waals surface area contributed by atoms with E-state index in [0.29, 0.717) is 5.92 Å². The minimum Gasteiger partial charge on any atom is -0.374 e. The molecule has 0 fully saturated rings. The maximum absolute atomic E-state index is 2.37. The third kappa shape index (κ3) is 2.64. The van der Waals surface area contributed by atoms with Gasteiger partial charge in [0, 0.05) is 35.8 Å². The van der Waals surface area contributed by atoms with Crippen molar-refractivity contribution in [1.82, 2.24) is 0 Å². The Labute approximate surface area is 119 Å². The molecular formula is C17H19NS. The summed E-state index contributed by atoms with van der Waals surface area (Å²) in [5, 5.41) is 0. The first kappa shape index (κ1) is 12.6. The van der Waals surface area contributed by atoms with E-state index in [4.69, 9.17) is 0 Å². The zero-order chi connectivity index (χ0) is 13.2. The van der Waals surface area contributed by atoms with Gasteiger partial charge in [0.1, 0.15) is 0 Å². The minimum atomic E-state index is 0.646. The summed E-state index contributed by atoms with van der Waals surface area (Å²) in [5.74, 6) is 1.85. The lowest BCUT2D eigenvalue weighted by Gasteiger charge is -2.23. The Balaban J connectivity index is 1.74. The van der Waals surface area contributed by atoms with Crippen molar-refractivity contribution in [2.45, 2.75) is 17.7 Å². The molecule has 1 unspecified atom stereocenters. The largest absolute Gasteiger partial charge is 0.374 e. The Morgan fingerprint density at radius 2 is 1.84 bits per heavy atom. The van der Waals surface area contributed by atoms with Gasteiger partial charge in [0.25, 0.3) is 0 Å². The van der Waals surface area contributed by atoms with Crippen molar-refractivity contribution in [3.8, 4) is 0 Å². The van der Waals surface area contributed by atoms with Crippen LogP contribution >= 0.6 is 11.8 Å². The minimum absolute atomic E-state index is 0.646. The van der Waals surface area contributed by atoms with Crippen molar-refractivity contribution >= 4 is 17.4 Å². The summed E-state index contributed by atoms with van der Waals surface area (Å²) >= 11 is 1.99. The normalized spacial score (nSPS) is 17.3. The summed E-state index contributed by atoms with van der Waals surface area (Å²) in [5.41, 5.74) is 4.14. The molecule has 0 saturated heterocycles. The summed E-state index contributed by atoms with van der Waals surface area (Å²) in [6.07, 6.45) is 0. The number of nitrogens with zero attached hydrogens (tertiary/aromatic N) is 1. The first-order valence-corrected chi connectivity index (χ1v) is 7.72. The highest BCUT2D eigenvalue weighted by Crippen LogP contribution is 2.39. The van der Waals surface area contributed by atoms with Crippen LogP contribution in [0, 0.1) is 6.92 Å². The van der Waals surface area contributed by atoms with Crippen LogP contribution in [0.25, 0.3) is 0 Å². The fraction of sp³-hybridized carbons (Fsp3) is 0.294. The van der Waals surface area contributed by atoms with E-state index in [-0.39, 0.29) is 0 Å². The fourth-order valence-electron chi connectivity index (χ4n) is 2.62. The first-order chi connectivity index (χ1) is 9.24. The molecule has 1 aliphatic heterocycles. The summed E-state index contributed by atoms with van der Waals surface area (Å²) in [6.45, 7) is 3.22. The number of thioether (sulfide) groups is 1. The summed E-state index contributed by atoms with van der Waals surface area (Å²) in [7, 11) is 2.19. The van der Waals surface area contributed by atoms with Crippen LogP contribution in [-0.2, 0) is 0 Å². The molecule has 0 aromatic heterocycles. The average Bonchev–Trinajstić information content (AvgIpc) is 2.83. The number of benzene rings is 2. The van der Waals surface area contributed by atoms with Crippen LogP contribution in [0.3, 0.4) is 0 Å². The van der Waals surface area contributed by atoms with Crippen LogP contribution in [-0.4, -0.2) is 19.3 Å². The van der Waals surface area contributed by atoms with E-state index in [2.05, 4.69) is 67.4 Å². The molecule has 3 rings (SSSR count). The van der Waals surface area contributed by atoms with E-state index in [1.165, 1.54) is 27.5 Å². The van der Waals surface area contributed by atoms with Crippen molar-refractivity contribution in [2.75, 3.05) is 24.2 Å². The summed E-state index contributed by atoms with van der Waals surface area (Å²) in [6, 6.07) is 17.6. The Kier molecular flexibility index (Phi) is 3.52. The molecule has 1 atom stereocenters. The molecule has 0 amide bonds. The van der Waals surface area contributed by atoms with E-state index in [0.717, 1.165) is 6.54 Å². The molecule has 0 aliphatic carbocycles. The molecule has 1 heterocycles. The number of hydrogen-bond acceptors (Lipinski definition) is 2. The van der Waals surface area contributed by atoms with Crippen LogP contribution in [0.2, 0.25) is 0 Å². The van der Waals surface area contributed by atoms with Gasteiger partial charge in [-0.25, -0.2) is 0 Å². The van der Waals surface area contributed by atoms with E-state index in [9.17, 15) is 0 Å². The fourth-order valence-corrected chi connectivity index (χ4v) is 3.86. The van der Waals surface area contributed by atoms with Crippen LogP contribution in [0.4, 0.5) is 5.69 Å². The molecule has 0 radical (unpaired) electrons. The van der Waals surface area contributed by atoms with Gasteiger partial charge < -0.3 is 4.90 Å². The molecule has 1 aliphatic rings. The second kappa shape index (κ2) is 5.30. The van der Waals surface area contributed by atoms with Crippen LogP contribution in [0.15, 0.2) is 53.4 Å². The van der Waals surface area contributed by atoms with Gasteiger partial charge in [-0.15, -0.1) is 11.8 Å². The van der Waals surface area contributed by atoms with Crippen LogP contribution < -0.4 is 4.90 Å². The van der Waals surface area contributed by atoms with Crippen molar-refractivity contribution < 1.29 is 0 Å². The van der Waals surface area contributed by atoms with E-state index in [1.807, 2.05) is 11.8 Å². The Morgan fingerprint density at radius 1 is 1.11 bits per heavy atom. The molecule has 2 aromatic carbocycles. The Bertz CT molecular complexity index is 562. The monoisotopic (exact) mass is 269 g/mol. The zero-order valence-electron chi connectivity index (χ0n) is 11.5. The SMILES string of the molecule is Cc1ccc(N(C)CC2CSc3ccccc32)cc1. The maximum atomic E-state index is 2.37. The molecular weight excluding hydrogens is 250 g/mol. The van der Waals surface area contributed by atoms with Gasteiger partial charge in [-0.05, 0) is 30.7 Å². The predicted molar refractivity (Wildman–Crippen MR) is 84.4 cm³/mol. The lowest BCUT2D eigenvalue weighted by atomic mass is 10.0. The molecule has 0 spiro atoms. The maximum Gasteiger partial charge on any atom is 0.0363 e. The van der Waals surface area contributed by atoms with Crippen molar-refractivity contribution in [3.63, 3.8) is 0 Å². The third-order valence-corrected chi connectivity index (χ3v) is 5.02. The van der Waals surface area contributed by atoms with Gasteiger partial charge in [-0.3, -0.25) is 0 Å². The highest BCUT2D eigenvalue weighted by Gasteiger charge is 2.23. The lowest BCUT2D eigenvalue weighted by molar-refractivity contribution is 0.745. The molecule has 0 N–H and O–H groups in total. The van der Waals surface area contributed by atoms with E-state index < -0.39 is 0 Å². The van der Waals surface area contributed by atoms with Crippen molar-refractivity contribution in [1.29, 1.82) is 0 Å². The Hall–Kier alpha value is -1.41. The molecule has 19 heavy (non-hydrogen) atoms. The molecule has 0 bridgehead atoms. The van der Waals surface area contributed by atoms with Gasteiger partial charge in [0.2, 0.25) is 0 Å². The van der Waals surface area contributed by atoms with Crippen molar-refractivity contribution in [3.05, 3.63) is 59.7 Å². The lowest BCUT2D eigenvalue weighted by Crippen LogP contribution is -2.24. The number of rotatable bonds is 3. The number of anilines is 1. The third-order valence-electron chi connectivity index (χ3n) is 3.77. The van der Waals surface area contributed by atoms with E-state index >= 15 is 0 Å². The highest BCUT2D eigenvalue weighted by molar-refractivity contribution is 7.99. The number of aryl methyl sites for hydroxylation is 1. The van der Waals surface area contributed by atoms with Crippen LogP contribution in [0.1, 0.15) is 17.0 Å². The molecule has 98 valence electrons. The summed E-state index contributed by atoms with van der Waals surface area (Å²) in [4.78, 5) is 3.83. The van der Waals surface area contributed by atoms with Gasteiger partial charge in [0.05, 0.1) is 0 Å². The molecule has 2 aromatic rings. The van der Waals surface area contributed by atoms with Gasteiger partial charge in [0.15, 0.2) is 0 Å². The second-order valence-corrected chi connectivity index (χ2v) is 6.32. The first-order valence-electron chi connectivity index (χ1n) is 6.73. The smallest absolute Gasteiger partial charge is 0.0363 e. The Morgan fingerprint density at radius 3 is 2.63 bits per heavy atom. The molecule has 0 saturated carbocycles. The molecule has 2 heteroatoms. The van der Waals surface area contributed by atoms with Crippen molar-refractivity contribution in [2.24, 2.45) is 0 Å². The average molecular weight is 269 g/mol. The number of fused-ring (bicyclic) bond motifs is 1. The topological polar surface area (TPSA) is 3.24 Å². The molecule has 1 nitrogen and oxygen atoms in total. The number of likely N-dealkylation sites (N-methyl/N-ethyl adjacent to an activating group) is 1.